The van der Waals surface area contributed by atoms with E-state index in [9.17, 15) is 0 Å². The molecule has 1 heteroatoms. The third-order valence-electron chi connectivity index (χ3n) is 3.62. The maximum absolute atomic E-state index is 3.56. The fourth-order valence-electron chi connectivity index (χ4n) is 2.56. The van der Waals surface area contributed by atoms with Gasteiger partial charge in [0.2, 0.25) is 0 Å². The first-order chi connectivity index (χ1) is 8.29. The summed E-state index contributed by atoms with van der Waals surface area (Å²) in [5.74, 6) is 0.587. The van der Waals surface area contributed by atoms with Crippen molar-refractivity contribution in [2.45, 2.75) is 19.3 Å². The standard InChI is InChI=1S/C16H15Br/c1-11(10-17)12-6-7-16-14(8-12)9-13-4-2-3-5-15(13)16/h2-8,11H,9-10H2,1H3. The molecule has 1 aliphatic carbocycles. The molecule has 0 aliphatic heterocycles. The average Bonchev–Trinajstić information content (AvgIpc) is 2.75. The largest absolute Gasteiger partial charge is 0.0922 e. The molecule has 0 spiro atoms. The first-order valence-electron chi connectivity index (χ1n) is 6.06. The molecule has 0 amide bonds. The molecule has 2 aromatic carbocycles. The molecule has 0 saturated carbocycles. The second-order valence-corrected chi connectivity index (χ2v) is 5.45. The molecule has 3 rings (SSSR count). The van der Waals surface area contributed by atoms with Crippen LogP contribution in [0.15, 0.2) is 42.5 Å². The lowest BCUT2D eigenvalue weighted by atomic mass is 9.97. The molecular formula is C16H15Br. The summed E-state index contributed by atoms with van der Waals surface area (Å²) in [4.78, 5) is 0. The second kappa shape index (κ2) is 4.30. The molecule has 86 valence electrons. The minimum Gasteiger partial charge on any atom is -0.0922 e. The van der Waals surface area contributed by atoms with E-state index < -0.39 is 0 Å². The second-order valence-electron chi connectivity index (χ2n) is 4.81. The van der Waals surface area contributed by atoms with Crippen molar-refractivity contribution in [3.8, 4) is 11.1 Å². The van der Waals surface area contributed by atoms with Gasteiger partial charge in [-0.3, -0.25) is 0 Å². The Labute approximate surface area is 111 Å². The van der Waals surface area contributed by atoms with Crippen LogP contribution in [0, 0.1) is 0 Å². The quantitative estimate of drug-likeness (QED) is 0.596. The minimum atomic E-state index is 0.587. The predicted molar refractivity (Wildman–Crippen MR) is 76.9 cm³/mol. The zero-order valence-electron chi connectivity index (χ0n) is 9.91. The highest BCUT2D eigenvalue weighted by atomic mass is 79.9. The Hall–Kier alpha value is -1.08. The number of fused-ring (bicyclic) bond motifs is 3. The van der Waals surface area contributed by atoms with Crippen LogP contribution in [0.25, 0.3) is 11.1 Å². The van der Waals surface area contributed by atoms with Gasteiger partial charge in [0, 0.05) is 5.33 Å². The SMILES string of the molecule is CC(CBr)c1ccc2c(c1)Cc1ccccc1-2. The summed E-state index contributed by atoms with van der Waals surface area (Å²) < 4.78 is 0. The van der Waals surface area contributed by atoms with Crippen LogP contribution in [0.5, 0.6) is 0 Å². The smallest absolute Gasteiger partial charge is 0.00975 e. The predicted octanol–water partition coefficient (Wildman–Crippen LogP) is 4.76. The van der Waals surface area contributed by atoms with E-state index in [0.29, 0.717) is 5.92 Å². The minimum absolute atomic E-state index is 0.587. The Bertz CT molecular complexity index is 557. The Morgan fingerprint density at radius 2 is 1.82 bits per heavy atom. The van der Waals surface area contributed by atoms with Crippen molar-refractivity contribution in [2.24, 2.45) is 0 Å². The molecule has 0 aromatic heterocycles. The summed E-state index contributed by atoms with van der Waals surface area (Å²) in [5, 5.41) is 1.03. The topological polar surface area (TPSA) is 0 Å². The molecule has 1 atom stereocenters. The van der Waals surface area contributed by atoms with E-state index in [1.807, 2.05) is 0 Å². The van der Waals surface area contributed by atoms with Crippen molar-refractivity contribution in [3.63, 3.8) is 0 Å². The van der Waals surface area contributed by atoms with E-state index in [4.69, 9.17) is 0 Å². The Kier molecular flexibility index (Phi) is 2.79. The molecular weight excluding hydrogens is 272 g/mol. The van der Waals surface area contributed by atoms with E-state index in [2.05, 4.69) is 65.3 Å². The van der Waals surface area contributed by atoms with Crippen LogP contribution in [0.4, 0.5) is 0 Å². The number of rotatable bonds is 2. The molecule has 0 fully saturated rings. The average molecular weight is 287 g/mol. The zero-order chi connectivity index (χ0) is 11.8. The molecule has 2 aromatic rings. The van der Waals surface area contributed by atoms with Gasteiger partial charge in [0.25, 0.3) is 0 Å². The van der Waals surface area contributed by atoms with Crippen molar-refractivity contribution in [2.75, 3.05) is 5.33 Å². The van der Waals surface area contributed by atoms with Crippen LogP contribution in [-0.4, -0.2) is 5.33 Å². The Morgan fingerprint density at radius 1 is 1.06 bits per heavy atom. The van der Waals surface area contributed by atoms with Gasteiger partial charge in [0.05, 0.1) is 0 Å². The summed E-state index contributed by atoms with van der Waals surface area (Å²) >= 11 is 3.56. The van der Waals surface area contributed by atoms with Crippen molar-refractivity contribution in [3.05, 3.63) is 59.2 Å². The molecule has 0 N–H and O–H groups in total. The highest BCUT2D eigenvalue weighted by molar-refractivity contribution is 9.09. The van der Waals surface area contributed by atoms with Gasteiger partial charge >= 0.3 is 0 Å². The summed E-state index contributed by atoms with van der Waals surface area (Å²) in [6, 6.07) is 15.7. The maximum atomic E-state index is 3.56. The molecule has 0 heterocycles. The zero-order valence-corrected chi connectivity index (χ0v) is 11.5. The first-order valence-corrected chi connectivity index (χ1v) is 7.19. The van der Waals surface area contributed by atoms with Crippen LogP contribution < -0.4 is 0 Å². The fourth-order valence-corrected chi connectivity index (χ4v) is 2.93. The van der Waals surface area contributed by atoms with Gasteiger partial charge < -0.3 is 0 Å². The van der Waals surface area contributed by atoms with Gasteiger partial charge in [-0.2, -0.15) is 0 Å². The van der Waals surface area contributed by atoms with Gasteiger partial charge in [-0.1, -0.05) is 65.3 Å². The van der Waals surface area contributed by atoms with E-state index in [1.165, 1.54) is 27.8 Å². The van der Waals surface area contributed by atoms with Crippen LogP contribution in [0.2, 0.25) is 0 Å². The molecule has 1 aliphatic rings. The molecule has 1 unspecified atom stereocenters. The van der Waals surface area contributed by atoms with Crippen molar-refractivity contribution in [1.82, 2.24) is 0 Å². The summed E-state index contributed by atoms with van der Waals surface area (Å²) in [7, 11) is 0. The van der Waals surface area contributed by atoms with Crippen LogP contribution in [-0.2, 0) is 6.42 Å². The lowest BCUT2D eigenvalue weighted by Crippen LogP contribution is -1.95. The third kappa shape index (κ3) is 1.83. The van der Waals surface area contributed by atoms with Gasteiger partial charge in [-0.05, 0) is 40.2 Å². The van der Waals surface area contributed by atoms with Gasteiger partial charge in [-0.25, -0.2) is 0 Å². The molecule has 17 heavy (non-hydrogen) atoms. The van der Waals surface area contributed by atoms with Crippen molar-refractivity contribution >= 4 is 15.9 Å². The number of hydrogen-bond acceptors (Lipinski definition) is 0. The lowest BCUT2D eigenvalue weighted by Gasteiger charge is -2.10. The third-order valence-corrected chi connectivity index (χ3v) is 4.59. The Balaban J connectivity index is 2.07. The number of halogens is 1. The summed E-state index contributed by atoms with van der Waals surface area (Å²) in [6.45, 7) is 2.26. The fraction of sp³-hybridized carbons (Fsp3) is 0.250. The van der Waals surface area contributed by atoms with Crippen LogP contribution >= 0.6 is 15.9 Å². The lowest BCUT2D eigenvalue weighted by molar-refractivity contribution is 0.885. The van der Waals surface area contributed by atoms with E-state index in [0.717, 1.165) is 11.8 Å². The normalized spacial score (nSPS) is 14.2. The number of benzene rings is 2. The van der Waals surface area contributed by atoms with Crippen molar-refractivity contribution in [1.29, 1.82) is 0 Å². The van der Waals surface area contributed by atoms with Gasteiger partial charge in [-0.15, -0.1) is 0 Å². The summed E-state index contributed by atoms with van der Waals surface area (Å²) in [5.41, 5.74) is 7.22. The molecule has 0 saturated heterocycles. The van der Waals surface area contributed by atoms with Crippen LogP contribution in [0.3, 0.4) is 0 Å². The highest BCUT2D eigenvalue weighted by Crippen LogP contribution is 2.37. The van der Waals surface area contributed by atoms with Crippen LogP contribution in [0.1, 0.15) is 29.5 Å². The Morgan fingerprint density at radius 3 is 2.65 bits per heavy atom. The monoisotopic (exact) mass is 286 g/mol. The van der Waals surface area contributed by atoms with E-state index >= 15 is 0 Å². The van der Waals surface area contributed by atoms with Crippen molar-refractivity contribution < 1.29 is 0 Å². The number of alkyl halides is 1. The first kappa shape index (κ1) is 11.0. The highest BCUT2D eigenvalue weighted by Gasteiger charge is 2.18. The maximum Gasteiger partial charge on any atom is 0.00975 e. The van der Waals surface area contributed by atoms with E-state index in [-0.39, 0.29) is 0 Å². The number of hydrogen-bond donors (Lipinski definition) is 0. The van der Waals surface area contributed by atoms with Gasteiger partial charge in [0.1, 0.15) is 0 Å². The van der Waals surface area contributed by atoms with Gasteiger partial charge in [0.15, 0.2) is 0 Å². The van der Waals surface area contributed by atoms with E-state index in [1.54, 1.807) is 0 Å². The summed E-state index contributed by atoms with van der Waals surface area (Å²) in [6.07, 6.45) is 1.09. The molecule has 0 radical (unpaired) electrons. The molecule has 0 nitrogen and oxygen atoms in total. The molecule has 0 bridgehead atoms.